The van der Waals surface area contributed by atoms with E-state index in [-0.39, 0.29) is 5.91 Å². The molecule has 0 aliphatic rings. The number of thiazole rings is 1. The zero-order valence-corrected chi connectivity index (χ0v) is 12.1. The van der Waals surface area contributed by atoms with E-state index in [1.54, 1.807) is 29.5 Å². The van der Waals surface area contributed by atoms with E-state index < -0.39 is 0 Å². The van der Waals surface area contributed by atoms with Crippen LogP contribution in [0.3, 0.4) is 0 Å². The van der Waals surface area contributed by atoms with Gasteiger partial charge in [-0.15, -0.1) is 11.3 Å². The number of hydrogen-bond acceptors (Lipinski definition) is 4. The molecule has 3 rings (SSSR count). The van der Waals surface area contributed by atoms with Gasteiger partial charge in [-0.1, -0.05) is 12.1 Å². The van der Waals surface area contributed by atoms with Crippen LogP contribution in [0.4, 0.5) is 0 Å². The molecule has 1 aromatic carbocycles. The van der Waals surface area contributed by atoms with E-state index in [0.29, 0.717) is 12.1 Å². The number of carbonyl (C=O) groups is 1. The molecule has 2 heterocycles. The second-order valence-corrected chi connectivity index (χ2v) is 5.76. The summed E-state index contributed by atoms with van der Waals surface area (Å²) in [5, 5.41) is 7.59. The van der Waals surface area contributed by atoms with Gasteiger partial charge in [0.05, 0.1) is 28.5 Å². The zero-order valence-electron chi connectivity index (χ0n) is 11.3. The molecule has 2 aromatic heterocycles. The third-order valence-corrected chi connectivity index (χ3v) is 4.14. The molecule has 0 bridgehead atoms. The lowest BCUT2D eigenvalue weighted by Crippen LogP contribution is -2.26. The van der Waals surface area contributed by atoms with E-state index in [1.165, 1.54) is 0 Å². The number of para-hydroxylation sites is 1. The van der Waals surface area contributed by atoms with Crippen molar-refractivity contribution in [2.24, 2.45) is 0 Å². The molecule has 0 aliphatic heterocycles. The number of nitrogens with zero attached hydrogens (tertiary/aromatic N) is 3. The predicted octanol–water partition coefficient (Wildman–Crippen LogP) is 2.60. The molecule has 5 nitrogen and oxygen atoms in total. The molecule has 20 heavy (non-hydrogen) atoms. The Morgan fingerprint density at radius 3 is 2.90 bits per heavy atom. The summed E-state index contributed by atoms with van der Waals surface area (Å²) < 4.78 is 1.14. The fourth-order valence-corrected chi connectivity index (χ4v) is 3.06. The average molecular weight is 286 g/mol. The van der Waals surface area contributed by atoms with Crippen LogP contribution in [0.2, 0.25) is 0 Å². The Labute approximate surface area is 120 Å². The van der Waals surface area contributed by atoms with E-state index in [9.17, 15) is 4.79 Å². The Hall–Kier alpha value is -2.21. The van der Waals surface area contributed by atoms with Gasteiger partial charge in [0, 0.05) is 12.7 Å². The van der Waals surface area contributed by atoms with Gasteiger partial charge >= 0.3 is 0 Å². The molecule has 0 fully saturated rings. The standard InChI is InChI=1S/C14H14N4OS/c1-9-10(7-15-17-9)14(19)18(2)8-13-16-11-5-3-4-6-12(11)20-13/h3-7H,8H2,1-2H3,(H,15,17). The molecule has 102 valence electrons. The molecular formula is C14H14N4OS. The number of nitrogens with one attached hydrogen (secondary N) is 1. The van der Waals surface area contributed by atoms with Crippen LogP contribution in [0.25, 0.3) is 10.2 Å². The maximum Gasteiger partial charge on any atom is 0.257 e. The summed E-state index contributed by atoms with van der Waals surface area (Å²) in [7, 11) is 1.78. The van der Waals surface area contributed by atoms with Crippen molar-refractivity contribution in [1.82, 2.24) is 20.1 Å². The van der Waals surface area contributed by atoms with Crippen LogP contribution >= 0.6 is 11.3 Å². The number of fused-ring (bicyclic) bond motifs is 1. The Balaban J connectivity index is 1.80. The van der Waals surface area contributed by atoms with Crippen molar-refractivity contribution in [3.05, 3.63) is 46.7 Å². The van der Waals surface area contributed by atoms with E-state index in [4.69, 9.17) is 0 Å². The van der Waals surface area contributed by atoms with Gasteiger partial charge in [0.25, 0.3) is 5.91 Å². The van der Waals surface area contributed by atoms with Crippen molar-refractivity contribution in [2.75, 3.05) is 7.05 Å². The summed E-state index contributed by atoms with van der Waals surface area (Å²) in [5.74, 6) is -0.0458. The van der Waals surface area contributed by atoms with Gasteiger partial charge in [-0.2, -0.15) is 5.10 Å². The Morgan fingerprint density at radius 1 is 1.40 bits per heavy atom. The van der Waals surface area contributed by atoms with Crippen LogP contribution in [-0.2, 0) is 6.54 Å². The minimum absolute atomic E-state index is 0.0458. The highest BCUT2D eigenvalue weighted by Crippen LogP contribution is 2.22. The predicted molar refractivity (Wildman–Crippen MR) is 78.7 cm³/mol. The lowest BCUT2D eigenvalue weighted by molar-refractivity contribution is 0.0784. The molecule has 0 aliphatic carbocycles. The van der Waals surface area contributed by atoms with Crippen molar-refractivity contribution >= 4 is 27.5 Å². The summed E-state index contributed by atoms with van der Waals surface area (Å²) in [6, 6.07) is 7.99. The van der Waals surface area contributed by atoms with Gasteiger partial charge in [0.15, 0.2) is 0 Å². The first-order valence-corrected chi connectivity index (χ1v) is 7.06. The topological polar surface area (TPSA) is 61.9 Å². The lowest BCUT2D eigenvalue weighted by atomic mass is 10.2. The third-order valence-electron chi connectivity index (χ3n) is 3.12. The monoisotopic (exact) mass is 286 g/mol. The van der Waals surface area contributed by atoms with Gasteiger partial charge in [-0.3, -0.25) is 9.89 Å². The first-order valence-electron chi connectivity index (χ1n) is 6.25. The maximum atomic E-state index is 12.3. The van der Waals surface area contributed by atoms with Crippen LogP contribution in [0.5, 0.6) is 0 Å². The number of rotatable bonds is 3. The van der Waals surface area contributed by atoms with Gasteiger partial charge in [-0.25, -0.2) is 4.98 Å². The number of benzene rings is 1. The minimum atomic E-state index is -0.0458. The van der Waals surface area contributed by atoms with Crippen molar-refractivity contribution < 1.29 is 4.79 Å². The smallest absolute Gasteiger partial charge is 0.257 e. The van der Waals surface area contributed by atoms with Gasteiger partial charge in [0.1, 0.15) is 5.01 Å². The van der Waals surface area contributed by atoms with E-state index in [1.807, 2.05) is 31.2 Å². The summed E-state index contributed by atoms with van der Waals surface area (Å²) in [6.07, 6.45) is 1.56. The van der Waals surface area contributed by atoms with Gasteiger partial charge in [0.2, 0.25) is 0 Å². The molecule has 3 aromatic rings. The molecule has 0 spiro atoms. The number of aromatic nitrogens is 3. The average Bonchev–Trinajstić information content (AvgIpc) is 3.03. The normalized spacial score (nSPS) is 10.9. The number of H-pyrrole nitrogens is 1. The van der Waals surface area contributed by atoms with E-state index >= 15 is 0 Å². The molecule has 6 heteroatoms. The summed E-state index contributed by atoms with van der Waals surface area (Å²) >= 11 is 1.62. The molecule has 1 amide bonds. The van der Waals surface area contributed by atoms with Gasteiger partial charge in [-0.05, 0) is 19.1 Å². The fourth-order valence-electron chi connectivity index (χ4n) is 2.03. The summed E-state index contributed by atoms with van der Waals surface area (Å²) in [4.78, 5) is 18.5. The lowest BCUT2D eigenvalue weighted by Gasteiger charge is -2.14. The van der Waals surface area contributed by atoms with Crippen LogP contribution in [0.1, 0.15) is 21.1 Å². The highest BCUT2D eigenvalue weighted by Gasteiger charge is 2.17. The second-order valence-electron chi connectivity index (χ2n) is 4.65. The third kappa shape index (κ3) is 2.30. The molecule has 0 unspecified atom stereocenters. The Bertz CT molecular complexity index is 728. The van der Waals surface area contributed by atoms with Gasteiger partial charge < -0.3 is 4.90 Å². The highest BCUT2D eigenvalue weighted by atomic mass is 32.1. The molecule has 0 saturated carbocycles. The molecular weight excluding hydrogens is 272 g/mol. The maximum absolute atomic E-state index is 12.3. The first kappa shape index (κ1) is 12.8. The summed E-state index contributed by atoms with van der Waals surface area (Å²) in [6.45, 7) is 2.34. The largest absolute Gasteiger partial charge is 0.335 e. The molecule has 0 saturated heterocycles. The highest BCUT2D eigenvalue weighted by molar-refractivity contribution is 7.18. The van der Waals surface area contributed by atoms with Crippen LogP contribution in [-0.4, -0.2) is 33.0 Å². The minimum Gasteiger partial charge on any atom is -0.335 e. The molecule has 0 radical (unpaired) electrons. The van der Waals surface area contributed by atoms with Crippen molar-refractivity contribution in [2.45, 2.75) is 13.5 Å². The zero-order chi connectivity index (χ0) is 14.1. The molecule has 0 atom stereocenters. The number of aromatic amines is 1. The van der Waals surface area contributed by atoms with Crippen molar-refractivity contribution in [1.29, 1.82) is 0 Å². The number of aryl methyl sites for hydroxylation is 1. The van der Waals surface area contributed by atoms with E-state index in [0.717, 1.165) is 20.9 Å². The Kier molecular flexibility index (Phi) is 3.23. The van der Waals surface area contributed by atoms with Crippen LogP contribution in [0, 0.1) is 6.92 Å². The number of hydrogen-bond donors (Lipinski definition) is 1. The quantitative estimate of drug-likeness (QED) is 0.805. The van der Waals surface area contributed by atoms with E-state index in [2.05, 4.69) is 15.2 Å². The number of carbonyl (C=O) groups excluding carboxylic acids is 1. The second kappa shape index (κ2) is 5.05. The fraction of sp³-hybridized carbons (Fsp3) is 0.214. The SMILES string of the molecule is Cc1[nH]ncc1C(=O)N(C)Cc1nc2ccccc2s1. The van der Waals surface area contributed by atoms with Crippen LogP contribution in [0.15, 0.2) is 30.5 Å². The summed E-state index contributed by atoms with van der Waals surface area (Å²) in [5.41, 5.74) is 2.37. The number of amides is 1. The Morgan fingerprint density at radius 2 is 2.20 bits per heavy atom. The molecule has 1 N–H and O–H groups in total. The first-order chi connectivity index (χ1) is 9.65. The van der Waals surface area contributed by atoms with Crippen molar-refractivity contribution in [3.8, 4) is 0 Å². The van der Waals surface area contributed by atoms with Crippen molar-refractivity contribution in [3.63, 3.8) is 0 Å². The van der Waals surface area contributed by atoms with Crippen LogP contribution < -0.4 is 0 Å².